The smallest absolute Gasteiger partial charge is 0.226 e. The first-order valence-electron chi connectivity index (χ1n) is 13.8. The summed E-state index contributed by atoms with van der Waals surface area (Å²) in [6.45, 7) is 5.46. The average Bonchev–Trinajstić information content (AvgIpc) is 3.69. The second-order valence-corrected chi connectivity index (χ2v) is 10.3. The lowest BCUT2D eigenvalue weighted by molar-refractivity contribution is -0.0434. The third-order valence-electron chi connectivity index (χ3n) is 7.52. The number of benzene rings is 1. The number of phenolic OH excluding ortho intramolecular Hbond substituents is 1. The summed E-state index contributed by atoms with van der Waals surface area (Å²) in [4.78, 5) is 16.1. The number of likely N-dealkylation sites (tertiary alicyclic amines) is 1. The molecule has 13 nitrogen and oxygen atoms in total. The van der Waals surface area contributed by atoms with Crippen LogP contribution in [-0.2, 0) is 11.2 Å². The molecule has 0 saturated carbocycles. The molecule has 41 heavy (non-hydrogen) atoms. The zero-order valence-electron chi connectivity index (χ0n) is 22.6. The minimum Gasteiger partial charge on any atom is -0.505 e. The van der Waals surface area contributed by atoms with Crippen molar-refractivity contribution in [3.63, 3.8) is 0 Å². The number of phenols is 1. The van der Waals surface area contributed by atoms with E-state index in [1.165, 1.54) is 42.3 Å². The lowest BCUT2D eigenvalue weighted by Crippen LogP contribution is -2.34. The molecular formula is C27H33FN8O5. The van der Waals surface area contributed by atoms with E-state index in [0.717, 1.165) is 25.7 Å². The zero-order chi connectivity index (χ0) is 28.5. The second kappa shape index (κ2) is 11.6. The van der Waals surface area contributed by atoms with Gasteiger partial charge in [0.25, 0.3) is 0 Å². The predicted octanol–water partition coefficient (Wildman–Crippen LogP) is 2.85. The van der Waals surface area contributed by atoms with E-state index in [1.54, 1.807) is 6.07 Å². The SMILES string of the molecule is CCc1cc(C2O[C@@H](n3cnc4c(Nc5ccc(O)c(F)c5)nc(NCCN5CCCCC5)nc43)[C@H](O)[C@@H]2O)on1. The van der Waals surface area contributed by atoms with E-state index in [1.807, 2.05) is 6.92 Å². The largest absolute Gasteiger partial charge is 0.505 e. The van der Waals surface area contributed by atoms with E-state index in [0.29, 0.717) is 47.2 Å². The minimum absolute atomic E-state index is 0.284. The maximum absolute atomic E-state index is 14.1. The fourth-order valence-electron chi connectivity index (χ4n) is 5.25. The number of ether oxygens (including phenoxy) is 1. The Hall–Kier alpha value is -3.85. The second-order valence-electron chi connectivity index (χ2n) is 10.3. The fourth-order valence-corrected chi connectivity index (χ4v) is 5.25. The van der Waals surface area contributed by atoms with Gasteiger partial charge >= 0.3 is 0 Å². The number of imidazole rings is 1. The van der Waals surface area contributed by atoms with Crippen LogP contribution in [0, 0.1) is 5.82 Å². The molecule has 0 bridgehead atoms. The molecule has 0 radical (unpaired) electrons. The van der Waals surface area contributed by atoms with Gasteiger partial charge in [0.1, 0.15) is 18.3 Å². The number of nitrogens with zero attached hydrogens (tertiary/aromatic N) is 6. The highest BCUT2D eigenvalue weighted by molar-refractivity contribution is 5.86. The van der Waals surface area contributed by atoms with Crippen molar-refractivity contribution >= 4 is 28.6 Å². The van der Waals surface area contributed by atoms with Crippen LogP contribution in [0.4, 0.5) is 21.8 Å². The Morgan fingerprint density at radius 3 is 2.68 bits per heavy atom. The number of hydrogen-bond donors (Lipinski definition) is 5. The van der Waals surface area contributed by atoms with Crippen molar-refractivity contribution in [2.24, 2.45) is 0 Å². The summed E-state index contributed by atoms with van der Waals surface area (Å²) in [5.41, 5.74) is 1.71. The number of piperidine rings is 1. The number of aliphatic hydroxyl groups is 2. The fraction of sp³-hybridized carbons (Fsp3) is 0.481. The molecule has 5 heterocycles. The summed E-state index contributed by atoms with van der Waals surface area (Å²) < 4.78 is 27.0. The van der Waals surface area contributed by atoms with Gasteiger partial charge < -0.3 is 40.1 Å². The van der Waals surface area contributed by atoms with Crippen molar-refractivity contribution < 1.29 is 29.0 Å². The number of fused-ring (bicyclic) bond motifs is 1. The van der Waals surface area contributed by atoms with Crippen LogP contribution >= 0.6 is 0 Å². The van der Waals surface area contributed by atoms with Crippen LogP contribution in [0.1, 0.15) is 50.0 Å². The Balaban J connectivity index is 1.31. The van der Waals surface area contributed by atoms with E-state index in [9.17, 15) is 19.7 Å². The van der Waals surface area contributed by atoms with Crippen molar-refractivity contribution in [1.29, 1.82) is 0 Å². The molecule has 0 amide bonds. The van der Waals surface area contributed by atoms with Crippen LogP contribution in [0.2, 0.25) is 0 Å². The van der Waals surface area contributed by atoms with Gasteiger partial charge in [-0.2, -0.15) is 9.97 Å². The van der Waals surface area contributed by atoms with Crippen molar-refractivity contribution in [3.05, 3.63) is 47.9 Å². The van der Waals surface area contributed by atoms with E-state index in [-0.39, 0.29) is 5.82 Å². The van der Waals surface area contributed by atoms with Gasteiger partial charge in [-0.15, -0.1) is 0 Å². The third-order valence-corrected chi connectivity index (χ3v) is 7.52. The van der Waals surface area contributed by atoms with Crippen LogP contribution in [0.25, 0.3) is 11.2 Å². The van der Waals surface area contributed by atoms with Gasteiger partial charge in [-0.25, -0.2) is 9.37 Å². The first kappa shape index (κ1) is 27.3. The lowest BCUT2D eigenvalue weighted by atomic mass is 10.1. The maximum Gasteiger partial charge on any atom is 0.226 e. The highest BCUT2D eigenvalue weighted by Crippen LogP contribution is 2.40. The summed E-state index contributed by atoms with van der Waals surface area (Å²) in [6, 6.07) is 5.60. The molecule has 0 aliphatic carbocycles. The molecule has 5 N–H and O–H groups in total. The summed E-state index contributed by atoms with van der Waals surface area (Å²) in [7, 11) is 0. The molecule has 4 aromatic rings. The summed E-state index contributed by atoms with van der Waals surface area (Å²) in [6.07, 6.45) is 1.13. The van der Waals surface area contributed by atoms with Crippen LogP contribution in [0.3, 0.4) is 0 Å². The van der Waals surface area contributed by atoms with Gasteiger partial charge in [0.15, 0.2) is 40.5 Å². The number of aromatic hydroxyl groups is 1. The van der Waals surface area contributed by atoms with Crippen molar-refractivity contribution in [1.82, 2.24) is 29.6 Å². The van der Waals surface area contributed by atoms with E-state index in [2.05, 4.69) is 35.6 Å². The molecule has 2 aliphatic heterocycles. The number of anilines is 3. The van der Waals surface area contributed by atoms with Gasteiger partial charge in [0.2, 0.25) is 5.95 Å². The standard InChI is InChI=1S/C27H33FN8O5/c1-2-15-13-19(41-34-15)23-21(38)22(39)26(40-23)36-14-30-20-24(31-16-6-7-18(37)17(28)12-16)32-27(33-25(20)36)29-8-11-35-9-4-3-5-10-35/h6-7,12-14,21-23,26,37-39H,2-5,8-11H2,1H3,(H2,29,31,32,33)/t21-,22+,23?,26+/m0/s1. The number of hydrogen-bond acceptors (Lipinski definition) is 12. The highest BCUT2D eigenvalue weighted by Gasteiger charge is 2.47. The van der Waals surface area contributed by atoms with E-state index < -0.39 is 36.1 Å². The number of rotatable bonds is 9. The quantitative estimate of drug-likeness (QED) is 0.188. The topological polar surface area (TPSA) is 167 Å². The first-order chi connectivity index (χ1) is 19.9. The number of aromatic nitrogens is 5. The minimum atomic E-state index is -1.32. The number of nitrogens with one attached hydrogen (secondary N) is 2. The zero-order valence-corrected chi connectivity index (χ0v) is 22.6. The maximum atomic E-state index is 14.1. The number of aryl methyl sites for hydroxylation is 1. The molecule has 4 atom stereocenters. The third kappa shape index (κ3) is 5.55. The highest BCUT2D eigenvalue weighted by atomic mass is 19.1. The summed E-state index contributed by atoms with van der Waals surface area (Å²) in [5, 5.41) is 41.7. The van der Waals surface area contributed by atoms with Gasteiger partial charge in [-0.3, -0.25) is 4.57 Å². The number of halogens is 1. The predicted molar refractivity (Wildman–Crippen MR) is 146 cm³/mol. The molecule has 3 aromatic heterocycles. The van der Waals surface area contributed by atoms with E-state index >= 15 is 0 Å². The average molecular weight is 569 g/mol. The molecule has 2 fully saturated rings. The van der Waals surface area contributed by atoms with Gasteiger partial charge in [0.05, 0.1) is 12.0 Å². The summed E-state index contributed by atoms with van der Waals surface area (Å²) in [5.74, 6) is -0.359. The van der Waals surface area contributed by atoms with Crippen LogP contribution < -0.4 is 10.6 Å². The molecule has 218 valence electrons. The number of aliphatic hydroxyl groups excluding tert-OH is 2. The Kier molecular flexibility index (Phi) is 7.71. The Morgan fingerprint density at radius 1 is 1.10 bits per heavy atom. The van der Waals surface area contributed by atoms with Crippen LogP contribution in [-0.4, -0.2) is 83.3 Å². The first-order valence-corrected chi connectivity index (χ1v) is 13.8. The van der Waals surface area contributed by atoms with Gasteiger partial charge in [-0.1, -0.05) is 18.5 Å². The van der Waals surface area contributed by atoms with Gasteiger partial charge in [-0.05, 0) is 44.5 Å². The van der Waals surface area contributed by atoms with Crippen molar-refractivity contribution in [2.45, 2.75) is 57.1 Å². The molecule has 2 saturated heterocycles. The normalized spacial score (nSPS) is 23.3. The van der Waals surface area contributed by atoms with Crippen LogP contribution in [0.15, 0.2) is 35.1 Å². The Morgan fingerprint density at radius 2 is 1.93 bits per heavy atom. The molecular weight excluding hydrogens is 535 g/mol. The molecule has 0 spiro atoms. The molecule has 14 heteroatoms. The van der Waals surface area contributed by atoms with Crippen LogP contribution in [0.5, 0.6) is 5.75 Å². The van der Waals surface area contributed by atoms with Crippen molar-refractivity contribution in [3.8, 4) is 5.75 Å². The molecule has 1 unspecified atom stereocenters. The van der Waals surface area contributed by atoms with Gasteiger partial charge in [0, 0.05) is 30.9 Å². The summed E-state index contributed by atoms with van der Waals surface area (Å²) >= 11 is 0. The van der Waals surface area contributed by atoms with E-state index in [4.69, 9.17) is 9.26 Å². The molecule has 2 aliphatic rings. The molecule has 1 aromatic carbocycles. The van der Waals surface area contributed by atoms with Crippen molar-refractivity contribution in [2.75, 3.05) is 36.8 Å². The monoisotopic (exact) mass is 568 g/mol. The Bertz CT molecular complexity index is 1510. The Labute approximate surface area is 235 Å². The molecule has 6 rings (SSSR count). The lowest BCUT2D eigenvalue weighted by Gasteiger charge is -2.26.